The van der Waals surface area contributed by atoms with Crippen molar-refractivity contribution in [3.63, 3.8) is 0 Å². The number of nitrogens with one attached hydrogen (secondary N) is 1. The molecule has 82 valence electrons. The molecular weight excluding hydrogens is 172 g/mol. The van der Waals surface area contributed by atoms with Crippen molar-refractivity contribution >= 4 is 0 Å². The van der Waals surface area contributed by atoms with Crippen molar-refractivity contribution in [3.05, 3.63) is 12.2 Å². The lowest BCUT2D eigenvalue weighted by Crippen LogP contribution is -2.35. The second kappa shape index (κ2) is 6.20. The predicted molar refractivity (Wildman–Crippen MR) is 62.6 cm³/mol. The molecule has 0 saturated carbocycles. The number of nitrogens with zero attached hydrogens (tertiary/aromatic N) is 1. The molecule has 0 aromatic rings. The summed E-state index contributed by atoms with van der Waals surface area (Å²) in [5, 5.41) is 3.16. The van der Waals surface area contributed by atoms with Gasteiger partial charge in [-0.1, -0.05) is 19.4 Å². The molecule has 0 aromatic heterocycles. The zero-order valence-corrected chi connectivity index (χ0v) is 9.68. The molecule has 1 rings (SSSR count). The van der Waals surface area contributed by atoms with Crippen LogP contribution in [0.4, 0.5) is 0 Å². The van der Waals surface area contributed by atoms with E-state index in [0.29, 0.717) is 0 Å². The van der Waals surface area contributed by atoms with E-state index in [2.05, 4.69) is 23.7 Å². The highest BCUT2D eigenvalue weighted by atomic mass is 15.1. The van der Waals surface area contributed by atoms with Crippen molar-refractivity contribution in [1.82, 2.24) is 10.2 Å². The molecular formula is C12H24N2. The van der Waals surface area contributed by atoms with Gasteiger partial charge in [0.2, 0.25) is 0 Å². The highest BCUT2D eigenvalue weighted by Crippen LogP contribution is 2.16. The van der Waals surface area contributed by atoms with E-state index in [-0.39, 0.29) is 0 Å². The molecule has 0 bridgehead atoms. The fourth-order valence-electron chi connectivity index (χ4n) is 2.16. The summed E-state index contributed by atoms with van der Waals surface area (Å²) in [6, 6.07) is 0.742. The van der Waals surface area contributed by atoms with Crippen molar-refractivity contribution in [1.29, 1.82) is 0 Å². The zero-order valence-electron chi connectivity index (χ0n) is 9.68. The number of hydrogen-bond acceptors (Lipinski definition) is 2. The first kappa shape index (κ1) is 11.7. The molecule has 1 saturated heterocycles. The van der Waals surface area contributed by atoms with Crippen molar-refractivity contribution in [2.24, 2.45) is 0 Å². The first-order valence-corrected chi connectivity index (χ1v) is 5.79. The highest BCUT2D eigenvalue weighted by Gasteiger charge is 2.16. The number of hydrogen-bond donors (Lipinski definition) is 1. The molecule has 1 N–H and O–H groups in total. The smallest absolute Gasteiger partial charge is 0.0205 e. The molecule has 0 amide bonds. The van der Waals surface area contributed by atoms with Crippen LogP contribution in [0.2, 0.25) is 0 Å². The van der Waals surface area contributed by atoms with Crippen LogP contribution in [-0.2, 0) is 0 Å². The van der Waals surface area contributed by atoms with Crippen LogP contribution >= 0.6 is 0 Å². The van der Waals surface area contributed by atoms with Gasteiger partial charge in [-0.15, -0.1) is 0 Å². The lowest BCUT2D eigenvalue weighted by molar-refractivity contribution is 0.231. The molecule has 1 atom stereocenters. The summed E-state index contributed by atoms with van der Waals surface area (Å²) >= 11 is 0. The average molecular weight is 196 g/mol. The molecule has 1 aliphatic heterocycles. The predicted octanol–water partition coefficient (Wildman–Crippen LogP) is 2.03. The van der Waals surface area contributed by atoms with Crippen LogP contribution in [0.3, 0.4) is 0 Å². The van der Waals surface area contributed by atoms with Crippen LogP contribution in [-0.4, -0.2) is 37.6 Å². The molecule has 0 aliphatic carbocycles. The maximum atomic E-state index is 4.10. The van der Waals surface area contributed by atoms with Gasteiger partial charge >= 0.3 is 0 Å². The largest absolute Gasteiger partial charge is 0.316 e. The normalized spacial score (nSPS) is 24.6. The van der Waals surface area contributed by atoms with E-state index in [1.807, 2.05) is 7.05 Å². The van der Waals surface area contributed by atoms with E-state index in [9.17, 15) is 0 Å². The summed E-state index contributed by atoms with van der Waals surface area (Å²) in [4.78, 5) is 2.58. The van der Waals surface area contributed by atoms with E-state index < -0.39 is 0 Å². The monoisotopic (exact) mass is 196 g/mol. The van der Waals surface area contributed by atoms with Gasteiger partial charge in [0.1, 0.15) is 0 Å². The van der Waals surface area contributed by atoms with Crippen LogP contribution < -0.4 is 5.32 Å². The van der Waals surface area contributed by atoms with Crippen LogP contribution in [0.1, 0.15) is 32.6 Å². The number of rotatable bonds is 4. The van der Waals surface area contributed by atoms with Crippen LogP contribution in [0, 0.1) is 0 Å². The Morgan fingerprint density at radius 3 is 2.93 bits per heavy atom. The maximum absolute atomic E-state index is 4.10. The Morgan fingerprint density at radius 1 is 1.43 bits per heavy atom. The summed E-state index contributed by atoms with van der Waals surface area (Å²) in [7, 11) is 1.98. The van der Waals surface area contributed by atoms with Gasteiger partial charge in [-0.2, -0.15) is 0 Å². The molecule has 1 heterocycles. The van der Waals surface area contributed by atoms with Gasteiger partial charge < -0.3 is 5.32 Å². The van der Waals surface area contributed by atoms with E-state index in [1.54, 1.807) is 0 Å². The Kier molecular flexibility index (Phi) is 5.20. The van der Waals surface area contributed by atoms with Crippen molar-refractivity contribution < 1.29 is 0 Å². The molecule has 1 aliphatic rings. The van der Waals surface area contributed by atoms with Gasteiger partial charge in [-0.25, -0.2) is 0 Å². The highest BCUT2D eigenvalue weighted by molar-refractivity contribution is 5.00. The van der Waals surface area contributed by atoms with Gasteiger partial charge in [0.25, 0.3) is 0 Å². The minimum atomic E-state index is 0.742. The number of likely N-dealkylation sites (tertiary alicyclic amines) is 1. The first-order valence-electron chi connectivity index (χ1n) is 5.79. The van der Waals surface area contributed by atoms with E-state index >= 15 is 0 Å². The van der Waals surface area contributed by atoms with Crippen molar-refractivity contribution in [3.8, 4) is 0 Å². The molecule has 1 fully saturated rings. The first-order chi connectivity index (χ1) is 6.74. The standard InChI is InChI=1S/C12H24N2/c1-11(9-13-3)10-14-8-6-4-5-7-12(14)2/h12-13H,1,4-10H2,2-3H3. The molecule has 0 aromatic carbocycles. The van der Waals surface area contributed by atoms with Gasteiger partial charge in [0.15, 0.2) is 0 Å². The topological polar surface area (TPSA) is 15.3 Å². The summed E-state index contributed by atoms with van der Waals surface area (Å²) in [5.74, 6) is 0. The second-order valence-corrected chi connectivity index (χ2v) is 4.45. The molecule has 0 spiro atoms. The number of likely N-dealkylation sites (N-methyl/N-ethyl adjacent to an activating group) is 1. The third kappa shape index (κ3) is 3.81. The van der Waals surface area contributed by atoms with Crippen LogP contribution in [0.5, 0.6) is 0 Å². The molecule has 2 nitrogen and oxygen atoms in total. The van der Waals surface area contributed by atoms with Gasteiger partial charge in [-0.3, -0.25) is 4.90 Å². The van der Waals surface area contributed by atoms with Crippen molar-refractivity contribution in [2.45, 2.75) is 38.6 Å². The van der Waals surface area contributed by atoms with Gasteiger partial charge in [-0.05, 0) is 38.9 Å². The summed E-state index contributed by atoms with van der Waals surface area (Å²) < 4.78 is 0. The third-order valence-corrected chi connectivity index (χ3v) is 3.04. The maximum Gasteiger partial charge on any atom is 0.0205 e. The van der Waals surface area contributed by atoms with E-state index in [4.69, 9.17) is 0 Å². The Hall–Kier alpha value is -0.340. The van der Waals surface area contributed by atoms with E-state index in [1.165, 1.54) is 37.8 Å². The average Bonchev–Trinajstić information content (AvgIpc) is 2.33. The lowest BCUT2D eigenvalue weighted by atomic mass is 10.1. The van der Waals surface area contributed by atoms with Gasteiger partial charge in [0.05, 0.1) is 0 Å². The van der Waals surface area contributed by atoms with Crippen LogP contribution in [0.25, 0.3) is 0 Å². The summed E-state index contributed by atoms with van der Waals surface area (Å²) in [5.41, 5.74) is 1.31. The fourth-order valence-corrected chi connectivity index (χ4v) is 2.16. The van der Waals surface area contributed by atoms with Crippen molar-refractivity contribution in [2.75, 3.05) is 26.7 Å². The fraction of sp³-hybridized carbons (Fsp3) is 0.833. The Balaban J connectivity index is 2.36. The Morgan fingerprint density at radius 2 is 2.21 bits per heavy atom. The Labute approximate surface area is 88.4 Å². The van der Waals surface area contributed by atoms with E-state index in [0.717, 1.165) is 19.1 Å². The minimum absolute atomic E-state index is 0.742. The molecule has 14 heavy (non-hydrogen) atoms. The third-order valence-electron chi connectivity index (χ3n) is 3.04. The van der Waals surface area contributed by atoms with Crippen LogP contribution in [0.15, 0.2) is 12.2 Å². The zero-order chi connectivity index (χ0) is 10.4. The Bertz CT molecular complexity index is 177. The molecule has 0 radical (unpaired) electrons. The molecule has 2 heteroatoms. The minimum Gasteiger partial charge on any atom is -0.316 e. The summed E-state index contributed by atoms with van der Waals surface area (Å²) in [6.45, 7) is 9.72. The van der Waals surface area contributed by atoms with Gasteiger partial charge in [0, 0.05) is 19.1 Å². The second-order valence-electron chi connectivity index (χ2n) is 4.45. The molecule has 1 unspecified atom stereocenters. The summed E-state index contributed by atoms with van der Waals surface area (Å²) in [6.07, 6.45) is 5.51. The SMILES string of the molecule is C=C(CNC)CN1CCCCCC1C. The lowest BCUT2D eigenvalue weighted by Gasteiger charge is -2.27. The quantitative estimate of drug-likeness (QED) is 0.692.